The lowest BCUT2D eigenvalue weighted by Crippen LogP contribution is -2.55. The Labute approximate surface area is 248 Å². The molecule has 0 bridgehead atoms. The highest BCUT2D eigenvalue weighted by Gasteiger charge is 2.36. The summed E-state index contributed by atoms with van der Waals surface area (Å²) in [6.45, 7) is 6.51. The van der Waals surface area contributed by atoms with E-state index in [0.717, 1.165) is 11.3 Å². The Hall–Kier alpha value is -3.82. The minimum Gasteiger partial charge on any atom is -0.378 e. The van der Waals surface area contributed by atoms with E-state index in [9.17, 15) is 27.6 Å². The number of piperazine rings is 1. The van der Waals surface area contributed by atoms with Crippen molar-refractivity contribution in [2.24, 2.45) is 0 Å². The molecule has 1 aromatic carbocycles. The van der Waals surface area contributed by atoms with E-state index in [1.807, 2.05) is 25.8 Å². The van der Waals surface area contributed by atoms with Crippen LogP contribution in [0.4, 0.5) is 28.9 Å². The summed E-state index contributed by atoms with van der Waals surface area (Å²) in [7, 11) is 1.96. The number of nitrogens with zero attached hydrogens (tertiary/aromatic N) is 4. The summed E-state index contributed by atoms with van der Waals surface area (Å²) < 4.78 is 62.2. The second kappa shape index (κ2) is 12.1. The quantitative estimate of drug-likeness (QED) is 0.416. The van der Waals surface area contributed by atoms with Crippen LogP contribution in [-0.2, 0) is 10.9 Å². The third-order valence-corrected chi connectivity index (χ3v) is 8.64. The first kappa shape index (κ1) is 30.6. The molecule has 2 atom stereocenters. The minimum atomic E-state index is -4.97. The lowest BCUT2D eigenvalue weighted by molar-refractivity contribution is -0.138. The van der Waals surface area contributed by atoms with E-state index in [1.54, 1.807) is 4.90 Å². The molecule has 2 N–H and O–H groups in total. The molecule has 0 unspecified atom stereocenters. The van der Waals surface area contributed by atoms with Gasteiger partial charge >= 0.3 is 6.18 Å². The fourth-order valence-corrected chi connectivity index (χ4v) is 6.01. The molecular formula is C28H30F4N6O4S. The summed E-state index contributed by atoms with van der Waals surface area (Å²) in [6.07, 6.45) is -4.26. The van der Waals surface area contributed by atoms with Crippen LogP contribution in [0.3, 0.4) is 0 Å². The summed E-state index contributed by atoms with van der Waals surface area (Å²) in [5.41, 5.74) is -2.78. The fourth-order valence-electron chi connectivity index (χ4n) is 5.20. The summed E-state index contributed by atoms with van der Waals surface area (Å²) in [5.74, 6) is -2.14. The maximum Gasteiger partial charge on any atom is 0.417 e. The molecule has 2 aromatic heterocycles. The SMILES string of the molecule is C[C@@H]1CN(c2cc(F)c(-c3nc(C(=O)N4CCOCC4)cs3)cc2NC(=O)c2c[nH]c(=O)cc2C(F)(F)F)C[C@H](C)N1C. The zero-order chi connectivity index (χ0) is 31.1. The minimum absolute atomic E-state index is 0.0298. The van der Waals surface area contributed by atoms with Crippen molar-refractivity contribution in [3.63, 3.8) is 0 Å². The lowest BCUT2D eigenvalue weighted by atomic mass is 10.1. The van der Waals surface area contributed by atoms with Crippen LogP contribution in [0.15, 0.2) is 34.6 Å². The molecule has 5 rings (SSSR count). The topological polar surface area (TPSA) is 111 Å². The molecule has 230 valence electrons. The van der Waals surface area contributed by atoms with Gasteiger partial charge in [0.15, 0.2) is 0 Å². The van der Waals surface area contributed by atoms with E-state index in [-0.39, 0.29) is 45.6 Å². The number of anilines is 2. The van der Waals surface area contributed by atoms with E-state index >= 15 is 4.39 Å². The number of rotatable bonds is 5. The number of nitrogens with one attached hydrogen (secondary N) is 2. The van der Waals surface area contributed by atoms with Crippen LogP contribution in [0, 0.1) is 5.82 Å². The number of halogens is 4. The summed E-state index contributed by atoms with van der Waals surface area (Å²) in [5, 5.41) is 4.20. The Balaban J connectivity index is 1.54. The monoisotopic (exact) mass is 622 g/mol. The number of amides is 2. The third-order valence-electron chi connectivity index (χ3n) is 7.76. The zero-order valence-corrected chi connectivity index (χ0v) is 24.4. The number of pyridine rings is 1. The number of alkyl halides is 3. The number of carbonyl (C=O) groups excluding carboxylic acids is 2. The highest BCUT2D eigenvalue weighted by molar-refractivity contribution is 7.13. The van der Waals surface area contributed by atoms with Gasteiger partial charge in [0.25, 0.3) is 11.8 Å². The number of H-pyrrole nitrogens is 1. The molecule has 0 radical (unpaired) electrons. The number of hydrogen-bond donors (Lipinski definition) is 2. The van der Waals surface area contributed by atoms with E-state index < -0.39 is 34.6 Å². The molecule has 0 aliphatic carbocycles. The van der Waals surface area contributed by atoms with Crippen molar-refractivity contribution in [3.8, 4) is 10.6 Å². The Bertz CT molecular complexity index is 1570. The third kappa shape index (κ3) is 6.43. The van der Waals surface area contributed by atoms with E-state index in [2.05, 4.69) is 20.2 Å². The van der Waals surface area contributed by atoms with Crippen molar-refractivity contribution < 1.29 is 31.9 Å². The van der Waals surface area contributed by atoms with E-state index in [0.29, 0.717) is 51.7 Å². The number of hydrogen-bond acceptors (Lipinski definition) is 8. The van der Waals surface area contributed by atoms with Crippen molar-refractivity contribution in [1.29, 1.82) is 0 Å². The number of aromatic amines is 1. The van der Waals surface area contributed by atoms with Crippen molar-refractivity contribution in [2.45, 2.75) is 32.1 Å². The molecule has 2 aliphatic heterocycles. The number of ether oxygens (including phenoxy) is 1. The molecule has 0 saturated carbocycles. The average molecular weight is 623 g/mol. The summed E-state index contributed by atoms with van der Waals surface area (Å²) >= 11 is 1.03. The second-order valence-electron chi connectivity index (χ2n) is 10.6. The smallest absolute Gasteiger partial charge is 0.378 e. The van der Waals surface area contributed by atoms with E-state index in [1.165, 1.54) is 17.5 Å². The molecule has 2 aliphatic rings. The van der Waals surface area contributed by atoms with Gasteiger partial charge in [0.1, 0.15) is 16.5 Å². The second-order valence-corrected chi connectivity index (χ2v) is 11.5. The fraction of sp³-hybridized carbons (Fsp3) is 0.429. The van der Waals surface area contributed by atoms with Crippen LogP contribution in [0.2, 0.25) is 0 Å². The van der Waals surface area contributed by atoms with Gasteiger partial charge in [-0.2, -0.15) is 13.2 Å². The maximum atomic E-state index is 15.7. The van der Waals surface area contributed by atoms with Crippen LogP contribution in [0.25, 0.3) is 10.6 Å². The van der Waals surface area contributed by atoms with Crippen LogP contribution < -0.4 is 15.8 Å². The Morgan fingerprint density at radius 1 is 1.12 bits per heavy atom. The number of likely N-dealkylation sites (N-methyl/N-ethyl adjacent to an activating group) is 1. The summed E-state index contributed by atoms with van der Waals surface area (Å²) in [6, 6.07) is 2.96. The highest BCUT2D eigenvalue weighted by atomic mass is 32.1. The lowest BCUT2D eigenvalue weighted by Gasteiger charge is -2.44. The van der Waals surface area contributed by atoms with Gasteiger partial charge in [-0.05, 0) is 27.0 Å². The molecule has 2 fully saturated rings. The Kier molecular flexibility index (Phi) is 8.58. The standard InChI is InChI=1S/C28H30F4N6O4S/c1-15-12-38(13-16(2)36(15)3)23-10-20(29)17(26-35-22(14-43-26)27(41)37-4-6-42-7-5-37)8-21(23)34-25(40)18-11-33-24(39)9-19(18)28(30,31)32/h8-11,14-16H,4-7,12-13H2,1-3H3,(H,33,39)(H,34,40)/t15-,16+. The van der Waals surface area contributed by atoms with Gasteiger partial charge in [-0.15, -0.1) is 11.3 Å². The molecular weight excluding hydrogens is 592 g/mol. The first-order chi connectivity index (χ1) is 20.3. The number of benzene rings is 1. The maximum absolute atomic E-state index is 15.7. The molecule has 43 heavy (non-hydrogen) atoms. The van der Waals surface area contributed by atoms with Gasteiger partial charge in [-0.1, -0.05) is 0 Å². The summed E-state index contributed by atoms with van der Waals surface area (Å²) in [4.78, 5) is 49.9. The average Bonchev–Trinajstić information content (AvgIpc) is 3.46. The van der Waals surface area contributed by atoms with Crippen molar-refractivity contribution in [2.75, 3.05) is 56.7 Å². The Morgan fingerprint density at radius 2 is 1.79 bits per heavy atom. The predicted molar refractivity (Wildman–Crippen MR) is 153 cm³/mol. The predicted octanol–water partition coefficient (Wildman–Crippen LogP) is 3.91. The molecule has 15 heteroatoms. The van der Waals surface area contributed by atoms with Gasteiger partial charge < -0.3 is 24.8 Å². The molecule has 2 amide bonds. The van der Waals surface area contributed by atoms with Crippen LogP contribution in [-0.4, -0.2) is 90.1 Å². The van der Waals surface area contributed by atoms with Crippen molar-refractivity contribution in [1.82, 2.24) is 19.8 Å². The van der Waals surface area contributed by atoms with Crippen molar-refractivity contribution in [3.05, 3.63) is 62.8 Å². The molecule has 4 heterocycles. The van der Waals surface area contributed by atoms with Gasteiger partial charge in [0.05, 0.1) is 35.7 Å². The number of carbonyl (C=O) groups is 2. The van der Waals surface area contributed by atoms with Gasteiger partial charge in [0, 0.05) is 67.5 Å². The number of thiazole rings is 1. The van der Waals surface area contributed by atoms with Crippen LogP contribution >= 0.6 is 11.3 Å². The first-order valence-corrected chi connectivity index (χ1v) is 14.5. The number of morpholine rings is 1. The molecule has 3 aromatic rings. The molecule has 10 nitrogen and oxygen atoms in total. The normalized spacial score (nSPS) is 19.9. The Morgan fingerprint density at radius 3 is 2.44 bits per heavy atom. The zero-order valence-electron chi connectivity index (χ0n) is 23.6. The van der Waals surface area contributed by atoms with Crippen LogP contribution in [0.1, 0.15) is 40.3 Å². The largest absolute Gasteiger partial charge is 0.417 e. The van der Waals surface area contributed by atoms with Gasteiger partial charge in [-0.25, -0.2) is 9.37 Å². The molecule has 0 spiro atoms. The van der Waals surface area contributed by atoms with Crippen LogP contribution in [0.5, 0.6) is 0 Å². The van der Waals surface area contributed by atoms with Gasteiger partial charge in [-0.3, -0.25) is 19.3 Å². The first-order valence-electron chi connectivity index (χ1n) is 13.6. The molecule has 2 saturated heterocycles. The van der Waals surface area contributed by atoms with E-state index in [4.69, 9.17) is 4.74 Å². The van der Waals surface area contributed by atoms with Gasteiger partial charge in [0.2, 0.25) is 5.56 Å². The van der Waals surface area contributed by atoms with Crippen molar-refractivity contribution >= 4 is 34.5 Å². The number of aromatic nitrogens is 2. The highest BCUT2D eigenvalue weighted by Crippen LogP contribution is 2.38.